The first-order valence-electron chi connectivity index (χ1n) is 7.44. The molecule has 19 heavy (non-hydrogen) atoms. The first kappa shape index (κ1) is 14.3. The number of rotatable bonds is 2. The Kier molecular flexibility index (Phi) is 4.80. The van der Waals surface area contributed by atoms with E-state index in [4.69, 9.17) is 0 Å². The molecule has 0 spiro atoms. The standard InChI is InChI=1S/C14H25N3O2/c1-3-11-4-5-12(10(11)2)16-13(18)14(19)17-8-6-15-7-9-17/h10-12,15H,3-9H2,1-2H3,(H,16,18). The summed E-state index contributed by atoms with van der Waals surface area (Å²) in [5.41, 5.74) is 0. The number of amides is 2. The van der Waals surface area contributed by atoms with Gasteiger partial charge in [-0.3, -0.25) is 9.59 Å². The van der Waals surface area contributed by atoms with Crippen LogP contribution >= 0.6 is 0 Å². The summed E-state index contributed by atoms with van der Waals surface area (Å²) in [5, 5.41) is 6.12. The van der Waals surface area contributed by atoms with Crippen LogP contribution in [-0.4, -0.2) is 48.9 Å². The van der Waals surface area contributed by atoms with Gasteiger partial charge >= 0.3 is 11.8 Å². The third-order valence-corrected chi connectivity index (χ3v) is 4.67. The van der Waals surface area contributed by atoms with Gasteiger partial charge in [0.15, 0.2) is 0 Å². The molecular formula is C14H25N3O2. The molecule has 2 fully saturated rings. The quantitative estimate of drug-likeness (QED) is 0.710. The van der Waals surface area contributed by atoms with Gasteiger partial charge in [-0.15, -0.1) is 0 Å². The van der Waals surface area contributed by atoms with Crippen molar-refractivity contribution in [1.29, 1.82) is 0 Å². The van der Waals surface area contributed by atoms with Gasteiger partial charge in [-0.05, 0) is 24.7 Å². The lowest BCUT2D eigenvalue weighted by molar-refractivity contribution is -0.146. The Bertz CT molecular complexity index is 340. The molecule has 1 aliphatic heterocycles. The maximum absolute atomic E-state index is 12.0. The van der Waals surface area contributed by atoms with E-state index in [9.17, 15) is 9.59 Å². The van der Waals surface area contributed by atoms with Gasteiger partial charge in [0.1, 0.15) is 0 Å². The van der Waals surface area contributed by atoms with Crippen molar-refractivity contribution in [3.8, 4) is 0 Å². The van der Waals surface area contributed by atoms with Gasteiger partial charge in [0.2, 0.25) is 0 Å². The lowest BCUT2D eigenvalue weighted by atomic mass is 9.93. The minimum Gasteiger partial charge on any atom is -0.345 e. The van der Waals surface area contributed by atoms with E-state index in [2.05, 4.69) is 24.5 Å². The van der Waals surface area contributed by atoms with Crippen LogP contribution < -0.4 is 10.6 Å². The molecule has 0 bridgehead atoms. The minimum absolute atomic E-state index is 0.171. The van der Waals surface area contributed by atoms with Crippen molar-refractivity contribution in [3.63, 3.8) is 0 Å². The average Bonchev–Trinajstić information content (AvgIpc) is 2.79. The largest absolute Gasteiger partial charge is 0.345 e. The fourth-order valence-electron chi connectivity index (χ4n) is 3.27. The van der Waals surface area contributed by atoms with Gasteiger partial charge in [-0.2, -0.15) is 0 Å². The van der Waals surface area contributed by atoms with Gasteiger partial charge in [0.25, 0.3) is 0 Å². The van der Waals surface area contributed by atoms with Gasteiger partial charge in [-0.1, -0.05) is 20.3 Å². The molecule has 0 aromatic heterocycles. The third kappa shape index (κ3) is 3.26. The molecule has 1 saturated heterocycles. The van der Waals surface area contributed by atoms with Crippen LogP contribution in [0.15, 0.2) is 0 Å². The van der Waals surface area contributed by atoms with Gasteiger partial charge in [0.05, 0.1) is 0 Å². The van der Waals surface area contributed by atoms with Crippen molar-refractivity contribution >= 4 is 11.8 Å². The molecule has 1 saturated carbocycles. The molecule has 2 amide bonds. The van der Waals surface area contributed by atoms with E-state index in [1.807, 2.05) is 0 Å². The average molecular weight is 267 g/mol. The highest BCUT2D eigenvalue weighted by Crippen LogP contribution is 2.33. The monoisotopic (exact) mass is 267 g/mol. The smallest absolute Gasteiger partial charge is 0.311 e. The highest BCUT2D eigenvalue weighted by molar-refractivity contribution is 6.35. The summed E-state index contributed by atoms with van der Waals surface area (Å²) in [4.78, 5) is 25.7. The number of carbonyl (C=O) groups excluding carboxylic acids is 2. The van der Waals surface area contributed by atoms with Crippen molar-refractivity contribution in [3.05, 3.63) is 0 Å². The molecule has 1 aliphatic carbocycles. The fraction of sp³-hybridized carbons (Fsp3) is 0.857. The van der Waals surface area contributed by atoms with Crippen molar-refractivity contribution < 1.29 is 9.59 Å². The zero-order valence-corrected chi connectivity index (χ0v) is 11.9. The van der Waals surface area contributed by atoms with Crippen molar-refractivity contribution in [2.75, 3.05) is 26.2 Å². The van der Waals surface area contributed by atoms with E-state index in [-0.39, 0.29) is 11.9 Å². The van der Waals surface area contributed by atoms with Crippen LogP contribution in [0, 0.1) is 11.8 Å². The number of nitrogens with one attached hydrogen (secondary N) is 2. The Morgan fingerprint density at radius 3 is 2.53 bits per heavy atom. The third-order valence-electron chi connectivity index (χ3n) is 4.67. The van der Waals surface area contributed by atoms with Gasteiger partial charge in [-0.25, -0.2) is 0 Å². The normalized spacial score (nSPS) is 31.3. The second kappa shape index (κ2) is 6.37. The summed E-state index contributed by atoms with van der Waals surface area (Å²) >= 11 is 0. The highest BCUT2D eigenvalue weighted by Gasteiger charge is 2.34. The Morgan fingerprint density at radius 1 is 1.26 bits per heavy atom. The number of hydrogen-bond acceptors (Lipinski definition) is 3. The second-order valence-electron chi connectivity index (χ2n) is 5.73. The molecule has 3 atom stereocenters. The highest BCUT2D eigenvalue weighted by atomic mass is 16.2. The van der Waals surface area contributed by atoms with Gasteiger partial charge in [0, 0.05) is 32.2 Å². The predicted molar refractivity (Wildman–Crippen MR) is 73.6 cm³/mol. The van der Waals surface area contributed by atoms with Crippen molar-refractivity contribution in [1.82, 2.24) is 15.5 Å². The first-order chi connectivity index (χ1) is 9.13. The Balaban J connectivity index is 1.85. The summed E-state index contributed by atoms with van der Waals surface area (Å²) in [6, 6.07) is 0.171. The topological polar surface area (TPSA) is 61.4 Å². The van der Waals surface area contributed by atoms with Crippen LogP contribution in [0.1, 0.15) is 33.1 Å². The van der Waals surface area contributed by atoms with E-state index < -0.39 is 5.91 Å². The first-order valence-corrected chi connectivity index (χ1v) is 7.44. The number of carbonyl (C=O) groups is 2. The minimum atomic E-state index is -0.421. The molecule has 0 radical (unpaired) electrons. The zero-order chi connectivity index (χ0) is 13.8. The molecule has 2 N–H and O–H groups in total. The Morgan fingerprint density at radius 2 is 1.95 bits per heavy atom. The molecule has 5 nitrogen and oxygen atoms in total. The van der Waals surface area contributed by atoms with Crippen molar-refractivity contribution in [2.24, 2.45) is 11.8 Å². The lowest BCUT2D eigenvalue weighted by Gasteiger charge is -2.28. The van der Waals surface area contributed by atoms with E-state index in [0.717, 1.165) is 32.4 Å². The van der Waals surface area contributed by atoms with E-state index in [1.54, 1.807) is 4.90 Å². The van der Waals surface area contributed by atoms with Crippen LogP contribution in [0.25, 0.3) is 0 Å². The van der Waals surface area contributed by atoms with Crippen LogP contribution in [0.4, 0.5) is 0 Å². The van der Waals surface area contributed by atoms with E-state index in [1.165, 1.54) is 0 Å². The summed E-state index contributed by atoms with van der Waals surface area (Å²) in [5.74, 6) is 0.369. The summed E-state index contributed by atoms with van der Waals surface area (Å²) in [7, 11) is 0. The van der Waals surface area contributed by atoms with E-state index >= 15 is 0 Å². The SMILES string of the molecule is CCC1CCC(NC(=O)C(=O)N2CCNCC2)C1C. The lowest BCUT2D eigenvalue weighted by Crippen LogP contribution is -2.53. The zero-order valence-electron chi connectivity index (χ0n) is 11.9. The van der Waals surface area contributed by atoms with Gasteiger partial charge < -0.3 is 15.5 Å². The maximum atomic E-state index is 12.0. The molecule has 108 valence electrons. The summed E-state index contributed by atoms with van der Waals surface area (Å²) < 4.78 is 0. The molecule has 2 rings (SSSR count). The molecular weight excluding hydrogens is 242 g/mol. The molecule has 5 heteroatoms. The molecule has 0 aromatic rings. The molecule has 0 aromatic carbocycles. The van der Waals surface area contributed by atoms with Crippen LogP contribution in [0.5, 0.6) is 0 Å². The van der Waals surface area contributed by atoms with Crippen molar-refractivity contribution in [2.45, 2.75) is 39.2 Å². The summed E-state index contributed by atoms with van der Waals surface area (Å²) in [6.45, 7) is 7.18. The number of piperazine rings is 1. The molecule has 3 unspecified atom stereocenters. The fourth-order valence-corrected chi connectivity index (χ4v) is 3.27. The second-order valence-corrected chi connectivity index (χ2v) is 5.73. The number of nitrogens with zero attached hydrogens (tertiary/aromatic N) is 1. The predicted octanol–water partition coefficient (Wildman–Crippen LogP) is 0.359. The van der Waals surface area contributed by atoms with Crippen LogP contribution in [0.3, 0.4) is 0 Å². The Labute approximate surface area is 115 Å². The summed E-state index contributed by atoms with van der Waals surface area (Å²) in [6.07, 6.45) is 3.31. The molecule has 2 aliphatic rings. The number of hydrogen-bond donors (Lipinski definition) is 2. The Hall–Kier alpha value is -1.10. The van der Waals surface area contributed by atoms with Crippen LogP contribution in [-0.2, 0) is 9.59 Å². The molecule has 1 heterocycles. The van der Waals surface area contributed by atoms with Crippen LogP contribution in [0.2, 0.25) is 0 Å². The van der Waals surface area contributed by atoms with E-state index in [0.29, 0.717) is 24.9 Å². The maximum Gasteiger partial charge on any atom is 0.311 e.